The number of hydrogen-bond donors (Lipinski definition) is 1. The van der Waals surface area contributed by atoms with Crippen molar-refractivity contribution >= 4 is 27.5 Å². The van der Waals surface area contributed by atoms with Crippen LogP contribution in [0.4, 0.5) is 0 Å². The van der Waals surface area contributed by atoms with Crippen LogP contribution in [0.15, 0.2) is 23.1 Å². The number of benzene rings is 1. The molecule has 8 heteroatoms. The molecule has 0 bridgehead atoms. The van der Waals surface area contributed by atoms with Crippen molar-refractivity contribution < 1.29 is 17.9 Å². The van der Waals surface area contributed by atoms with Gasteiger partial charge < -0.3 is 10.1 Å². The van der Waals surface area contributed by atoms with E-state index in [0.29, 0.717) is 25.7 Å². The fraction of sp³-hybridized carbons (Fsp3) is 0.611. The predicted molar refractivity (Wildman–Crippen MR) is 102 cm³/mol. The molecule has 146 valence electrons. The molecule has 26 heavy (non-hydrogen) atoms. The second kappa shape index (κ2) is 9.69. The third kappa shape index (κ3) is 5.67. The number of sulfonamides is 1. The molecule has 1 aromatic carbocycles. The lowest BCUT2D eigenvalue weighted by molar-refractivity contribution is 0.0273. The van der Waals surface area contributed by atoms with Crippen molar-refractivity contribution in [1.29, 1.82) is 0 Å². The van der Waals surface area contributed by atoms with Crippen molar-refractivity contribution in [2.24, 2.45) is 0 Å². The Morgan fingerprint density at radius 1 is 1.27 bits per heavy atom. The van der Waals surface area contributed by atoms with E-state index in [2.05, 4.69) is 5.32 Å². The zero-order valence-corrected chi connectivity index (χ0v) is 16.9. The molecule has 6 nitrogen and oxygen atoms in total. The van der Waals surface area contributed by atoms with Crippen molar-refractivity contribution in [3.05, 3.63) is 28.8 Å². The Hall–Kier alpha value is -1.15. The molecule has 1 aliphatic carbocycles. The Morgan fingerprint density at radius 3 is 2.62 bits per heavy atom. The third-order valence-electron chi connectivity index (χ3n) is 4.47. The van der Waals surface area contributed by atoms with Gasteiger partial charge in [-0.25, -0.2) is 12.7 Å². The van der Waals surface area contributed by atoms with Gasteiger partial charge in [0.05, 0.1) is 21.6 Å². The lowest BCUT2D eigenvalue weighted by Crippen LogP contribution is -2.27. The highest BCUT2D eigenvalue weighted by atomic mass is 35.5. The van der Waals surface area contributed by atoms with Crippen LogP contribution in [0.1, 0.15) is 48.9 Å². The van der Waals surface area contributed by atoms with Gasteiger partial charge in [-0.1, -0.05) is 30.9 Å². The van der Waals surface area contributed by atoms with Crippen molar-refractivity contribution in [2.45, 2.75) is 49.5 Å². The predicted octanol–water partition coefficient (Wildman–Crippen LogP) is 3.06. The lowest BCUT2D eigenvalue weighted by Gasteiger charge is -2.21. The molecule has 1 aromatic rings. The number of hydrogen-bond acceptors (Lipinski definition) is 4. The van der Waals surface area contributed by atoms with Crippen LogP contribution in [0.2, 0.25) is 5.02 Å². The summed E-state index contributed by atoms with van der Waals surface area (Å²) in [7, 11) is -0.736. The first-order chi connectivity index (χ1) is 12.3. The second-order valence-electron chi connectivity index (χ2n) is 6.67. The SMILES string of the molecule is CN(C)S(=O)(=O)c1ccc(Cl)c(C(=O)NCCCOC2CCCCC2)c1. The maximum absolute atomic E-state index is 12.3. The van der Waals surface area contributed by atoms with E-state index >= 15 is 0 Å². The molecule has 0 saturated heterocycles. The smallest absolute Gasteiger partial charge is 0.252 e. The van der Waals surface area contributed by atoms with E-state index < -0.39 is 10.0 Å². The van der Waals surface area contributed by atoms with Crippen LogP contribution < -0.4 is 5.32 Å². The Balaban J connectivity index is 1.86. The van der Waals surface area contributed by atoms with Gasteiger partial charge in [0.25, 0.3) is 5.91 Å². The number of carbonyl (C=O) groups is 1. The van der Waals surface area contributed by atoms with Gasteiger partial charge in [0.2, 0.25) is 10.0 Å². The van der Waals surface area contributed by atoms with Crippen LogP contribution in [-0.2, 0) is 14.8 Å². The number of halogens is 1. The van der Waals surface area contributed by atoms with Crippen LogP contribution in [0.3, 0.4) is 0 Å². The zero-order chi connectivity index (χ0) is 19.2. The highest BCUT2D eigenvalue weighted by Crippen LogP contribution is 2.22. The summed E-state index contributed by atoms with van der Waals surface area (Å²) in [6.45, 7) is 1.06. The van der Waals surface area contributed by atoms with E-state index in [1.165, 1.54) is 51.6 Å². The van der Waals surface area contributed by atoms with Gasteiger partial charge in [0.1, 0.15) is 0 Å². The molecular formula is C18H27ClN2O4S. The molecule has 1 fully saturated rings. The van der Waals surface area contributed by atoms with Crippen molar-refractivity contribution in [3.63, 3.8) is 0 Å². The Labute approximate surface area is 160 Å². The van der Waals surface area contributed by atoms with Gasteiger partial charge in [0.15, 0.2) is 0 Å². The van der Waals surface area contributed by atoms with E-state index in [4.69, 9.17) is 16.3 Å². The fourth-order valence-corrected chi connectivity index (χ4v) is 4.03. The first-order valence-electron chi connectivity index (χ1n) is 8.94. The largest absolute Gasteiger partial charge is 0.378 e. The third-order valence-corrected chi connectivity index (χ3v) is 6.61. The number of rotatable bonds is 8. The minimum atomic E-state index is -3.62. The van der Waals surface area contributed by atoms with Crippen LogP contribution in [-0.4, -0.2) is 52.0 Å². The van der Waals surface area contributed by atoms with E-state index in [9.17, 15) is 13.2 Å². The van der Waals surface area contributed by atoms with Gasteiger partial charge in [-0.15, -0.1) is 0 Å². The quantitative estimate of drug-likeness (QED) is 0.678. The molecule has 0 atom stereocenters. The number of nitrogens with one attached hydrogen (secondary N) is 1. The standard InChI is InChI=1S/C18H27ClN2O4S/c1-21(2)26(23,24)15-9-10-17(19)16(13-15)18(22)20-11-6-12-25-14-7-4-3-5-8-14/h9-10,13-14H,3-8,11-12H2,1-2H3,(H,20,22). The topological polar surface area (TPSA) is 75.7 Å². The summed E-state index contributed by atoms with van der Waals surface area (Å²) in [6, 6.07) is 4.14. The summed E-state index contributed by atoms with van der Waals surface area (Å²) in [4.78, 5) is 12.4. The second-order valence-corrected chi connectivity index (χ2v) is 9.23. The molecule has 0 heterocycles. The first kappa shape index (κ1) is 21.2. The maximum atomic E-state index is 12.3. The van der Waals surface area contributed by atoms with Crippen molar-refractivity contribution in [1.82, 2.24) is 9.62 Å². The number of carbonyl (C=O) groups excluding carboxylic acids is 1. The van der Waals surface area contributed by atoms with Gasteiger partial charge in [-0.05, 0) is 37.5 Å². The molecule has 1 aliphatic rings. The monoisotopic (exact) mass is 402 g/mol. The molecule has 0 radical (unpaired) electrons. The molecule has 0 aliphatic heterocycles. The van der Waals surface area contributed by atoms with Crippen LogP contribution in [0.25, 0.3) is 0 Å². The average molecular weight is 403 g/mol. The molecule has 0 unspecified atom stereocenters. The molecule has 1 N–H and O–H groups in total. The maximum Gasteiger partial charge on any atom is 0.252 e. The summed E-state index contributed by atoms with van der Waals surface area (Å²) in [5.74, 6) is -0.386. The van der Waals surface area contributed by atoms with E-state index in [0.717, 1.165) is 17.1 Å². The molecular weight excluding hydrogens is 376 g/mol. The molecule has 1 saturated carbocycles. The van der Waals surface area contributed by atoms with Crippen LogP contribution in [0, 0.1) is 0 Å². The Kier molecular flexibility index (Phi) is 7.88. The summed E-state index contributed by atoms with van der Waals surface area (Å²) >= 11 is 6.07. The van der Waals surface area contributed by atoms with Crippen molar-refractivity contribution in [2.75, 3.05) is 27.2 Å². The van der Waals surface area contributed by atoms with E-state index in [1.54, 1.807) is 0 Å². The van der Waals surface area contributed by atoms with Crippen LogP contribution >= 0.6 is 11.6 Å². The summed E-state index contributed by atoms with van der Waals surface area (Å²) in [5, 5.41) is 2.99. The Bertz CT molecular complexity index is 716. The fourth-order valence-electron chi connectivity index (χ4n) is 2.90. The number of amides is 1. The van der Waals surface area contributed by atoms with Gasteiger partial charge in [0, 0.05) is 27.2 Å². The van der Waals surface area contributed by atoms with E-state index in [-0.39, 0.29) is 21.4 Å². The molecule has 0 spiro atoms. The van der Waals surface area contributed by atoms with Gasteiger partial charge in [-0.2, -0.15) is 0 Å². The summed E-state index contributed by atoms with van der Waals surface area (Å²) < 4.78 is 31.3. The average Bonchev–Trinajstić information content (AvgIpc) is 2.62. The number of ether oxygens (including phenoxy) is 1. The highest BCUT2D eigenvalue weighted by molar-refractivity contribution is 7.89. The minimum absolute atomic E-state index is 0.0395. The molecule has 1 amide bonds. The van der Waals surface area contributed by atoms with Crippen molar-refractivity contribution in [3.8, 4) is 0 Å². The van der Waals surface area contributed by atoms with Gasteiger partial charge >= 0.3 is 0 Å². The zero-order valence-electron chi connectivity index (χ0n) is 15.3. The lowest BCUT2D eigenvalue weighted by atomic mass is 9.98. The summed E-state index contributed by atoms with van der Waals surface area (Å²) in [5.41, 5.74) is 0.155. The first-order valence-corrected chi connectivity index (χ1v) is 10.8. The number of nitrogens with zero attached hydrogens (tertiary/aromatic N) is 1. The molecule has 0 aromatic heterocycles. The highest BCUT2D eigenvalue weighted by Gasteiger charge is 2.20. The normalized spacial score (nSPS) is 16.0. The van der Waals surface area contributed by atoms with Gasteiger partial charge in [-0.3, -0.25) is 4.79 Å². The minimum Gasteiger partial charge on any atom is -0.378 e. The Morgan fingerprint density at radius 2 is 1.96 bits per heavy atom. The molecule has 2 rings (SSSR count). The van der Waals surface area contributed by atoms with E-state index in [1.807, 2.05) is 0 Å². The summed E-state index contributed by atoms with van der Waals surface area (Å²) in [6.07, 6.45) is 7.04. The van der Waals surface area contributed by atoms with Crippen LogP contribution in [0.5, 0.6) is 0 Å².